The molecule has 0 aromatic heterocycles. The Morgan fingerprint density at radius 1 is 1.29 bits per heavy atom. The molecule has 1 aliphatic heterocycles. The lowest BCUT2D eigenvalue weighted by Gasteiger charge is -2.40. The second kappa shape index (κ2) is 6.03. The van der Waals surface area contributed by atoms with Gasteiger partial charge in [0, 0.05) is 13.1 Å². The third kappa shape index (κ3) is 2.76. The van der Waals surface area contributed by atoms with E-state index in [0.29, 0.717) is 31.8 Å². The van der Waals surface area contributed by atoms with E-state index in [1.165, 1.54) is 4.90 Å². The summed E-state index contributed by atoms with van der Waals surface area (Å²) in [5.41, 5.74) is -0.799. The summed E-state index contributed by atoms with van der Waals surface area (Å²) < 4.78 is 0. The van der Waals surface area contributed by atoms with E-state index >= 15 is 0 Å². The first kappa shape index (κ1) is 15.8. The highest BCUT2D eigenvalue weighted by Gasteiger charge is 2.54. The summed E-state index contributed by atoms with van der Waals surface area (Å²) >= 11 is 0. The van der Waals surface area contributed by atoms with Crippen LogP contribution in [0.3, 0.4) is 0 Å². The van der Waals surface area contributed by atoms with E-state index in [1.54, 1.807) is 4.90 Å². The predicted molar refractivity (Wildman–Crippen MR) is 78.5 cm³/mol. The zero-order valence-electron chi connectivity index (χ0n) is 13.1. The van der Waals surface area contributed by atoms with Crippen LogP contribution in [-0.4, -0.2) is 52.8 Å². The molecular formula is C15H25N3O3. The minimum absolute atomic E-state index is 0.00632. The first-order valence-corrected chi connectivity index (χ1v) is 7.85. The smallest absolute Gasteiger partial charge is 0.325 e. The van der Waals surface area contributed by atoms with Gasteiger partial charge >= 0.3 is 6.03 Å². The van der Waals surface area contributed by atoms with Crippen molar-refractivity contribution in [3.8, 4) is 0 Å². The van der Waals surface area contributed by atoms with Crippen LogP contribution in [0.2, 0.25) is 0 Å². The summed E-state index contributed by atoms with van der Waals surface area (Å²) in [6.45, 7) is 7.20. The van der Waals surface area contributed by atoms with Crippen molar-refractivity contribution >= 4 is 17.8 Å². The van der Waals surface area contributed by atoms with E-state index in [1.807, 2.05) is 13.8 Å². The highest BCUT2D eigenvalue weighted by atomic mass is 16.2. The third-order valence-corrected chi connectivity index (χ3v) is 4.92. The van der Waals surface area contributed by atoms with Crippen molar-refractivity contribution in [2.45, 2.75) is 52.0 Å². The maximum atomic E-state index is 12.3. The molecule has 0 aromatic carbocycles. The number of likely N-dealkylation sites (N-methyl/N-ethyl adjacent to an activating group) is 1. The van der Waals surface area contributed by atoms with Gasteiger partial charge in [-0.3, -0.25) is 14.9 Å². The van der Waals surface area contributed by atoms with Gasteiger partial charge in [-0.2, -0.15) is 0 Å². The molecule has 1 spiro atoms. The quantitative estimate of drug-likeness (QED) is 0.796. The number of hydrogen-bond acceptors (Lipinski definition) is 3. The van der Waals surface area contributed by atoms with Crippen LogP contribution < -0.4 is 5.32 Å². The van der Waals surface area contributed by atoms with Crippen molar-refractivity contribution in [3.05, 3.63) is 0 Å². The standard InChI is InChI=1S/C15H25N3O3/c1-4-17(5-2)12(19)10-18-14(21)16-13(20)15(18)8-6-11(3)7-9-15/h11H,4-10H2,1-3H3,(H,16,20,21). The monoisotopic (exact) mass is 295 g/mol. The van der Waals surface area contributed by atoms with Gasteiger partial charge in [0.1, 0.15) is 12.1 Å². The Balaban J connectivity index is 2.17. The number of hydrogen-bond donors (Lipinski definition) is 1. The molecule has 6 nitrogen and oxygen atoms in total. The summed E-state index contributed by atoms with van der Waals surface area (Å²) in [6, 6.07) is -0.421. The van der Waals surface area contributed by atoms with Crippen molar-refractivity contribution in [2.24, 2.45) is 5.92 Å². The summed E-state index contributed by atoms with van der Waals surface area (Å²) in [4.78, 5) is 39.8. The molecular weight excluding hydrogens is 270 g/mol. The summed E-state index contributed by atoms with van der Waals surface area (Å²) in [6.07, 6.45) is 3.13. The first-order chi connectivity index (χ1) is 9.94. The highest BCUT2D eigenvalue weighted by molar-refractivity contribution is 6.08. The topological polar surface area (TPSA) is 69.7 Å². The van der Waals surface area contributed by atoms with Gasteiger partial charge in [-0.25, -0.2) is 4.79 Å². The number of amides is 4. The van der Waals surface area contributed by atoms with Gasteiger partial charge in [-0.05, 0) is 45.4 Å². The SMILES string of the molecule is CCN(CC)C(=O)CN1C(=O)NC(=O)C12CCC(C)CC2. The van der Waals surface area contributed by atoms with Gasteiger partial charge in [-0.1, -0.05) is 6.92 Å². The molecule has 2 aliphatic rings. The Kier molecular flexibility index (Phi) is 4.54. The highest BCUT2D eigenvalue weighted by Crippen LogP contribution is 2.39. The van der Waals surface area contributed by atoms with Crippen LogP contribution in [0, 0.1) is 5.92 Å². The minimum atomic E-state index is -0.799. The van der Waals surface area contributed by atoms with E-state index < -0.39 is 11.6 Å². The van der Waals surface area contributed by atoms with E-state index in [-0.39, 0.29) is 18.4 Å². The molecule has 1 heterocycles. The molecule has 1 N–H and O–H groups in total. The zero-order valence-corrected chi connectivity index (χ0v) is 13.1. The van der Waals surface area contributed by atoms with Crippen molar-refractivity contribution in [1.82, 2.24) is 15.1 Å². The van der Waals surface area contributed by atoms with Crippen LogP contribution in [0.4, 0.5) is 4.79 Å². The fourth-order valence-corrected chi connectivity index (χ4v) is 3.37. The van der Waals surface area contributed by atoms with Crippen LogP contribution >= 0.6 is 0 Å². The van der Waals surface area contributed by atoms with E-state index in [4.69, 9.17) is 0 Å². The molecule has 0 radical (unpaired) electrons. The number of carbonyl (C=O) groups is 3. The number of nitrogens with zero attached hydrogens (tertiary/aromatic N) is 2. The van der Waals surface area contributed by atoms with Gasteiger partial charge in [0.25, 0.3) is 5.91 Å². The maximum Gasteiger partial charge on any atom is 0.325 e. The van der Waals surface area contributed by atoms with Crippen molar-refractivity contribution in [2.75, 3.05) is 19.6 Å². The Morgan fingerprint density at radius 2 is 1.86 bits per heavy atom. The second-order valence-corrected chi connectivity index (χ2v) is 6.13. The predicted octanol–water partition coefficient (Wildman–Crippen LogP) is 1.36. The second-order valence-electron chi connectivity index (χ2n) is 6.13. The van der Waals surface area contributed by atoms with Gasteiger partial charge in [0.05, 0.1) is 0 Å². The first-order valence-electron chi connectivity index (χ1n) is 7.85. The van der Waals surface area contributed by atoms with Crippen LogP contribution in [0.15, 0.2) is 0 Å². The van der Waals surface area contributed by atoms with E-state index in [0.717, 1.165) is 12.8 Å². The molecule has 2 fully saturated rings. The molecule has 6 heteroatoms. The van der Waals surface area contributed by atoms with Crippen molar-refractivity contribution in [3.63, 3.8) is 0 Å². The van der Waals surface area contributed by atoms with Crippen LogP contribution in [0.5, 0.6) is 0 Å². The summed E-state index contributed by atoms with van der Waals surface area (Å²) in [5, 5.41) is 2.40. The summed E-state index contributed by atoms with van der Waals surface area (Å²) in [7, 11) is 0. The van der Waals surface area contributed by atoms with Gasteiger partial charge < -0.3 is 9.80 Å². The number of rotatable bonds is 4. The van der Waals surface area contributed by atoms with Crippen LogP contribution in [0.25, 0.3) is 0 Å². The number of imide groups is 1. The van der Waals surface area contributed by atoms with E-state index in [9.17, 15) is 14.4 Å². The Hall–Kier alpha value is -1.59. The Labute approximate surface area is 125 Å². The molecule has 1 aliphatic carbocycles. The van der Waals surface area contributed by atoms with Gasteiger partial charge in [0.2, 0.25) is 5.91 Å². The number of carbonyl (C=O) groups excluding carboxylic acids is 3. The molecule has 118 valence electrons. The fraction of sp³-hybridized carbons (Fsp3) is 0.800. The molecule has 2 rings (SSSR count). The average Bonchev–Trinajstić information content (AvgIpc) is 2.68. The van der Waals surface area contributed by atoms with Crippen molar-refractivity contribution < 1.29 is 14.4 Å². The molecule has 0 unspecified atom stereocenters. The lowest BCUT2D eigenvalue weighted by Crippen LogP contribution is -2.54. The molecule has 0 aromatic rings. The number of nitrogens with one attached hydrogen (secondary N) is 1. The number of urea groups is 1. The minimum Gasteiger partial charge on any atom is -0.342 e. The van der Waals surface area contributed by atoms with Crippen LogP contribution in [-0.2, 0) is 9.59 Å². The molecule has 4 amide bonds. The fourth-order valence-electron chi connectivity index (χ4n) is 3.37. The lowest BCUT2D eigenvalue weighted by molar-refractivity contribution is -0.135. The van der Waals surface area contributed by atoms with Crippen molar-refractivity contribution in [1.29, 1.82) is 0 Å². The largest absolute Gasteiger partial charge is 0.342 e. The Morgan fingerprint density at radius 3 is 2.38 bits per heavy atom. The molecule has 0 bridgehead atoms. The van der Waals surface area contributed by atoms with Gasteiger partial charge in [-0.15, -0.1) is 0 Å². The van der Waals surface area contributed by atoms with Gasteiger partial charge in [0.15, 0.2) is 0 Å². The molecule has 1 saturated carbocycles. The molecule has 0 atom stereocenters. The molecule has 21 heavy (non-hydrogen) atoms. The van der Waals surface area contributed by atoms with Crippen LogP contribution in [0.1, 0.15) is 46.5 Å². The Bertz CT molecular complexity index is 437. The summed E-state index contributed by atoms with van der Waals surface area (Å²) in [5.74, 6) is 0.244. The average molecular weight is 295 g/mol. The lowest BCUT2D eigenvalue weighted by atomic mass is 9.76. The zero-order chi connectivity index (χ0) is 15.6. The normalized spacial score (nSPS) is 28.9. The molecule has 1 saturated heterocycles. The third-order valence-electron chi connectivity index (χ3n) is 4.92. The van der Waals surface area contributed by atoms with E-state index in [2.05, 4.69) is 12.2 Å². The maximum absolute atomic E-state index is 12.3.